The second kappa shape index (κ2) is 8.49. The van der Waals surface area contributed by atoms with Crippen LogP contribution in [0, 0.1) is 0 Å². The first-order chi connectivity index (χ1) is 12.7. The molecular formula is C20H22N2O4. The summed E-state index contributed by atoms with van der Waals surface area (Å²) in [6.45, 7) is 0.480. The fourth-order valence-electron chi connectivity index (χ4n) is 2.82. The van der Waals surface area contributed by atoms with Crippen molar-refractivity contribution < 1.29 is 19.1 Å². The molecule has 0 radical (unpaired) electrons. The van der Waals surface area contributed by atoms with Crippen LogP contribution in [-0.2, 0) is 27.3 Å². The van der Waals surface area contributed by atoms with E-state index in [4.69, 9.17) is 9.47 Å². The summed E-state index contributed by atoms with van der Waals surface area (Å²) in [4.78, 5) is 24.4. The molecule has 2 atom stereocenters. The van der Waals surface area contributed by atoms with Crippen LogP contribution in [0.4, 0.5) is 0 Å². The number of carbonyl (C=O) groups excluding carboxylic acids is 2. The van der Waals surface area contributed by atoms with Crippen molar-refractivity contribution in [3.05, 3.63) is 65.7 Å². The van der Waals surface area contributed by atoms with Gasteiger partial charge in [-0.2, -0.15) is 0 Å². The molecule has 26 heavy (non-hydrogen) atoms. The van der Waals surface area contributed by atoms with Gasteiger partial charge in [0.15, 0.2) is 0 Å². The third-order valence-corrected chi connectivity index (χ3v) is 4.30. The Hall–Kier alpha value is -2.86. The van der Waals surface area contributed by atoms with Gasteiger partial charge >= 0.3 is 5.97 Å². The number of rotatable bonds is 6. The Balaban J connectivity index is 1.56. The summed E-state index contributed by atoms with van der Waals surface area (Å²) >= 11 is 0. The van der Waals surface area contributed by atoms with Crippen molar-refractivity contribution in [1.82, 2.24) is 10.6 Å². The lowest BCUT2D eigenvalue weighted by atomic mass is 10.0. The summed E-state index contributed by atoms with van der Waals surface area (Å²) in [5.74, 6) is 0.236. The van der Waals surface area contributed by atoms with E-state index in [9.17, 15) is 9.59 Å². The van der Waals surface area contributed by atoms with Gasteiger partial charge in [-0.3, -0.25) is 14.9 Å². The van der Waals surface area contributed by atoms with Crippen LogP contribution in [0.25, 0.3) is 0 Å². The predicted molar refractivity (Wildman–Crippen MR) is 96.7 cm³/mol. The summed E-state index contributed by atoms with van der Waals surface area (Å²) in [5, 5.41) is 5.97. The van der Waals surface area contributed by atoms with E-state index in [0.717, 1.165) is 16.9 Å². The predicted octanol–water partition coefficient (Wildman–Crippen LogP) is 1.44. The zero-order chi connectivity index (χ0) is 18.4. The fraction of sp³-hybridized carbons (Fsp3) is 0.300. The number of benzene rings is 2. The van der Waals surface area contributed by atoms with Gasteiger partial charge in [-0.1, -0.05) is 42.5 Å². The van der Waals surface area contributed by atoms with E-state index in [2.05, 4.69) is 10.6 Å². The standard InChI is InChI=1S/C20H22N2O4/c1-25-16-9-7-14(8-10-16)11-17-20(24)26-13-18(22-17)19(23)21-12-15-5-3-2-4-6-15/h2-10,17-18,22H,11-13H2,1H3,(H,21,23). The molecule has 1 fully saturated rings. The van der Waals surface area contributed by atoms with E-state index in [1.165, 1.54) is 0 Å². The molecule has 136 valence electrons. The number of methoxy groups -OCH3 is 1. The van der Waals surface area contributed by atoms with Gasteiger partial charge in [0.2, 0.25) is 5.91 Å². The van der Waals surface area contributed by atoms with Gasteiger partial charge in [0.1, 0.15) is 24.4 Å². The lowest BCUT2D eigenvalue weighted by molar-refractivity contribution is -0.153. The molecule has 2 unspecified atom stereocenters. The van der Waals surface area contributed by atoms with Crippen molar-refractivity contribution in [3.63, 3.8) is 0 Å². The van der Waals surface area contributed by atoms with Crippen LogP contribution in [0.5, 0.6) is 5.75 Å². The van der Waals surface area contributed by atoms with Crippen LogP contribution in [0.2, 0.25) is 0 Å². The summed E-state index contributed by atoms with van der Waals surface area (Å²) in [5.41, 5.74) is 1.98. The van der Waals surface area contributed by atoms with Crippen LogP contribution >= 0.6 is 0 Å². The van der Waals surface area contributed by atoms with Crippen molar-refractivity contribution in [3.8, 4) is 5.75 Å². The molecule has 0 spiro atoms. The highest BCUT2D eigenvalue weighted by Crippen LogP contribution is 2.14. The molecule has 0 saturated carbocycles. The maximum atomic E-state index is 12.4. The number of nitrogens with one attached hydrogen (secondary N) is 2. The first-order valence-corrected chi connectivity index (χ1v) is 8.53. The maximum absolute atomic E-state index is 12.4. The molecule has 0 aliphatic carbocycles. The topological polar surface area (TPSA) is 76.7 Å². The molecule has 2 aromatic rings. The molecule has 1 amide bonds. The highest BCUT2D eigenvalue weighted by atomic mass is 16.5. The van der Waals surface area contributed by atoms with Crippen LogP contribution < -0.4 is 15.4 Å². The molecule has 2 N–H and O–H groups in total. The largest absolute Gasteiger partial charge is 0.497 e. The number of ether oxygens (including phenoxy) is 2. The summed E-state index contributed by atoms with van der Waals surface area (Å²) in [7, 11) is 1.60. The molecule has 2 aromatic carbocycles. The van der Waals surface area contributed by atoms with Gasteiger partial charge < -0.3 is 14.8 Å². The average molecular weight is 354 g/mol. The average Bonchev–Trinajstić information content (AvgIpc) is 2.69. The first-order valence-electron chi connectivity index (χ1n) is 8.53. The normalized spacial score (nSPS) is 19.5. The van der Waals surface area contributed by atoms with E-state index < -0.39 is 12.1 Å². The number of hydrogen-bond donors (Lipinski definition) is 2. The first kappa shape index (κ1) is 17.9. The van der Waals surface area contributed by atoms with E-state index in [-0.39, 0.29) is 18.5 Å². The smallest absolute Gasteiger partial charge is 0.323 e. The van der Waals surface area contributed by atoms with Crippen molar-refractivity contribution in [2.24, 2.45) is 0 Å². The highest BCUT2D eigenvalue weighted by molar-refractivity contribution is 5.85. The third-order valence-electron chi connectivity index (χ3n) is 4.30. The van der Waals surface area contributed by atoms with Crippen molar-refractivity contribution in [1.29, 1.82) is 0 Å². The SMILES string of the molecule is COc1ccc(CC2NC(C(=O)NCc3ccccc3)COC2=O)cc1. The van der Waals surface area contributed by atoms with Gasteiger partial charge in [-0.15, -0.1) is 0 Å². The lowest BCUT2D eigenvalue weighted by Gasteiger charge is -2.29. The minimum atomic E-state index is -0.556. The summed E-state index contributed by atoms with van der Waals surface area (Å²) < 4.78 is 10.3. The monoisotopic (exact) mass is 354 g/mol. The van der Waals surface area contributed by atoms with Gasteiger partial charge in [-0.25, -0.2) is 0 Å². The van der Waals surface area contributed by atoms with Crippen LogP contribution in [0.3, 0.4) is 0 Å². The molecule has 0 bridgehead atoms. The second-order valence-corrected chi connectivity index (χ2v) is 6.16. The van der Waals surface area contributed by atoms with E-state index in [1.54, 1.807) is 7.11 Å². The number of esters is 1. The molecule has 6 nitrogen and oxygen atoms in total. The molecule has 1 saturated heterocycles. The molecule has 1 aliphatic heterocycles. The number of amides is 1. The van der Waals surface area contributed by atoms with E-state index in [1.807, 2.05) is 54.6 Å². The number of cyclic esters (lactones) is 1. The molecule has 6 heteroatoms. The quantitative estimate of drug-likeness (QED) is 0.768. The van der Waals surface area contributed by atoms with Crippen molar-refractivity contribution in [2.45, 2.75) is 25.0 Å². The van der Waals surface area contributed by atoms with Crippen LogP contribution in [-0.4, -0.2) is 37.7 Å². The maximum Gasteiger partial charge on any atom is 0.323 e. The minimum absolute atomic E-state index is 0.0402. The van der Waals surface area contributed by atoms with Crippen molar-refractivity contribution >= 4 is 11.9 Å². The Bertz CT molecular complexity index is 746. The van der Waals surface area contributed by atoms with E-state index in [0.29, 0.717) is 13.0 Å². The second-order valence-electron chi connectivity index (χ2n) is 6.16. The Labute approximate surface area is 152 Å². The van der Waals surface area contributed by atoms with Gasteiger partial charge in [-0.05, 0) is 29.7 Å². The number of carbonyl (C=O) groups is 2. The van der Waals surface area contributed by atoms with Gasteiger partial charge in [0.25, 0.3) is 0 Å². The Morgan fingerprint density at radius 1 is 1.15 bits per heavy atom. The molecular weight excluding hydrogens is 332 g/mol. The molecule has 1 aliphatic rings. The van der Waals surface area contributed by atoms with Crippen LogP contribution in [0.1, 0.15) is 11.1 Å². The lowest BCUT2D eigenvalue weighted by Crippen LogP contribution is -2.58. The van der Waals surface area contributed by atoms with Gasteiger partial charge in [0, 0.05) is 6.54 Å². The van der Waals surface area contributed by atoms with Crippen molar-refractivity contribution in [2.75, 3.05) is 13.7 Å². The van der Waals surface area contributed by atoms with E-state index >= 15 is 0 Å². The Morgan fingerprint density at radius 2 is 1.88 bits per heavy atom. The summed E-state index contributed by atoms with van der Waals surface area (Å²) in [6.07, 6.45) is 0.450. The fourth-order valence-corrected chi connectivity index (χ4v) is 2.82. The number of hydrogen-bond acceptors (Lipinski definition) is 5. The third kappa shape index (κ3) is 4.61. The zero-order valence-corrected chi connectivity index (χ0v) is 14.6. The molecule has 3 rings (SSSR count). The minimum Gasteiger partial charge on any atom is -0.497 e. The highest BCUT2D eigenvalue weighted by Gasteiger charge is 2.33. The number of morpholine rings is 1. The molecule has 1 heterocycles. The zero-order valence-electron chi connectivity index (χ0n) is 14.6. The van der Waals surface area contributed by atoms with Gasteiger partial charge in [0.05, 0.1) is 7.11 Å². The molecule has 0 aromatic heterocycles. The van der Waals surface area contributed by atoms with Crippen LogP contribution in [0.15, 0.2) is 54.6 Å². The summed E-state index contributed by atoms with van der Waals surface area (Å²) in [6, 6.07) is 16.0. The Morgan fingerprint density at radius 3 is 2.58 bits per heavy atom. The Kier molecular flexibility index (Phi) is 5.86.